The molecule has 3 N–H and O–H groups in total. The second-order valence-electron chi connectivity index (χ2n) is 4.27. The Balaban J connectivity index is 0.00000120. The second kappa shape index (κ2) is 5.33. The Kier molecular flexibility index (Phi) is 3.79. The molecule has 3 rings (SSSR count). The van der Waals surface area contributed by atoms with E-state index in [0.29, 0.717) is 5.92 Å². The number of nitrogen functional groups attached to an aromatic ring is 1. The summed E-state index contributed by atoms with van der Waals surface area (Å²) in [6.45, 7) is 1.96. The van der Waals surface area contributed by atoms with Crippen molar-refractivity contribution in [2.75, 3.05) is 18.8 Å². The fourth-order valence-electron chi connectivity index (χ4n) is 2.04. The Morgan fingerprint density at radius 2 is 1.94 bits per heavy atom. The summed E-state index contributed by atoms with van der Waals surface area (Å²) in [7, 11) is 0. The van der Waals surface area contributed by atoms with E-state index in [2.05, 4.69) is 15.3 Å². The maximum absolute atomic E-state index is 5.81. The van der Waals surface area contributed by atoms with Gasteiger partial charge in [-0.2, -0.15) is 0 Å². The fourth-order valence-corrected chi connectivity index (χ4v) is 2.04. The summed E-state index contributed by atoms with van der Waals surface area (Å²) in [4.78, 5) is 8.91. The molecule has 1 aliphatic rings. The average molecular weight is 263 g/mol. The van der Waals surface area contributed by atoms with Crippen LogP contribution in [0.2, 0.25) is 0 Å². The third-order valence-electron chi connectivity index (χ3n) is 3.05. The summed E-state index contributed by atoms with van der Waals surface area (Å²) in [6.07, 6.45) is 3.48. The number of halogens is 1. The lowest BCUT2D eigenvalue weighted by Crippen LogP contribution is -2.40. The van der Waals surface area contributed by atoms with Crippen LogP contribution in [0.1, 0.15) is 11.6 Å². The summed E-state index contributed by atoms with van der Waals surface area (Å²) in [5.41, 5.74) is 9.62. The Hall–Kier alpha value is -1.65. The van der Waals surface area contributed by atoms with Crippen molar-refractivity contribution in [1.29, 1.82) is 0 Å². The molecule has 18 heavy (non-hydrogen) atoms. The minimum atomic E-state index is 0. The predicted octanol–water partition coefficient (Wildman–Crippen LogP) is 1.83. The number of nitrogens with two attached hydrogens (primary N) is 1. The van der Waals surface area contributed by atoms with Gasteiger partial charge < -0.3 is 11.1 Å². The van der Waals surface area contributed by atoms with Crippen molar-refractivity contribution >= 4 is 18.1 Å². The van der Waals surface area contributed by atoms with Gasteiger partial charge in [0.1, 0.15) is 0 Å². The van der Waals surface area contributed by atoms with Gasteiger partial charge in [-0.15, -0.1) is 12.4 Å². The molecule has 1 aromatic heterocycles. The minimum absolute atomic E-state index is 0. The lowest BCUT2D eigenvalue weighted by atomic mass is 9.94. The van der Waals surface area contributed by atoms with Crippen molar-refractivity contribution < 1.29 is 0 Å². The lowest BCUT2D eigenvalue weighted by Gasteiger charge is -2.27. The normalized spacial score (nSPS) is 14.7. The number of nitrogens with one attached hydrogen (secondary N) is 1. The number of rotatable bonds is 2. The molecule has 2 heterocycles. The highest BCUT2D eigenvalue weighted by Gasteiger charge is 2.24. The topological polar surface area (TPSA) is 63.8 Å². The molecule has 0 bridgehead atoms. The monoisotopic (exact) mass is 262 g/mol. The lowest BCUT2D eigenvalue weighted by molar-refractivity contribution is 0.439. The zero-order valence-corrected chi connectivity index (χ0v) is 10.7. The zero-order valence-electron chi connectivity index (χ0n) is 9.84. The third kappa shape index (κ3) is 2.30. The Bertz CT molecular complexity index is 540. The largest absolute Gasteiger partial charge is 0.399 e. The van der Waals surface area contributed by atoms with Crippen LogP contribution < -0.4 is 11.1 Å². The first-order chi connectivity index (χ1) is 8.34. The quantitative estimate of drug-likeness (QED) is 0.811. The molecule has 94 valence electrons. The molecule has 5 heteroatoms. The zero-order chi connectivity index (χ0) is 11.7. The highest BCUT2D eigenvalue weighted by Crippen LogP contribution is 2.28. The standard InChI is InChI=1S/C13H14N4.ClH/c14-11-3-1-2-9(6-11)12-13(10-7-15-8-10)17-5-4-16-12;/h1-6,10,15H,7-8,14H2;1H. The van der Waals surface area contributed by atoms with E-state index in [1.54, 1.807) is 12.4 Å². The Labute approximate surface area is 112 Å². The van der Waals surface area contributed by atoms with Gasteiger partial charge in [0, 0.05) is 42.7 Å². The van der Waals surface area contributed by atoms with Crippen molar-refractivity contribution in [3.8, 4) is 11.3 Å². The molecular weight excluding hydrogens is 248 g/mol. The van der Waals surface area contributed by atoms with Gasteiger partial charge in [-0.05, 0) is 12.1 Å². The van der Waals surface area contributed by atoms with Crippen LogP contribution in [0.5, 0.6) is 0 Å². The molecule has 0 unspecified atom stereocenters. The van der Waals surface area contributed by atoms with Gasteiger partial charge in [0.15, 0.2) is 0 Å². The number of benzene rings is 1. The summed E-state index contributed by atoms with van der Waals surface area (Å²) >= 11 is 0. The highest BCUT2D eigenvalue weighted by atomic mass is 35.5. The van der Waals surface area contributed by atoms with Crippen molar-refractivity contribution in [3.63, 3.8) is 0 Å². The summed E-state index contributed by atoms with van der Waals surface area (Å²) in [5.74, 6) is 0.472. The van der Waals surface area contributed by atoms with Crippen molar-refractivity contribution in [3.05, 3.63) is 42.4 Å². The SMILES string of the molecule is Cl.Nc1cccc(-c2nccnc2C2CNC2)c1. The van der Waals surface area contributed by atoms with Gasteiger partial charge in [0.05, 0.1) is 11.4 Å². The second-order valence-corrected chi connectivity index (χ2v) is 4.27. The number of hydrogen-bond donors (Lipinski definition) is 2. The number of nitrogens with zero attached hydrogens (tertiary/aromatic N) is 2. The van der Waals surface area contributed by atoms with Gasteiger partial charge in [0.2, 0.25) is 0 Å². The Morgan fingerprint density at radius 3 is 2.61 bits per heavy atom. The van der Waals surface area contributed by atoms with Crippen LogP contribution in [0.4, 0.5) is 5.69 Å². The molecule has 0 amide bonds. The summed E-state index contributed by atoms with van der Waals surface area (Å²) < 4.78 is 0. The van der Waals surface area contributed by atoms with E-state index < -0.39 is 0 Å². The molecule has 0 atom stereocenters. The first kappa shape index (κ1) is 12.8. The molecule has 1 fully saturated rings. The van der Waals surface area contributed by atoms with Gasteiger partial charge in [-0.1, -0.05) is 12.1 Å². The molecule has 1 aromatic carbocycles. The van der Waals surface area contributed by atoms with Gasteiger partial charge in [-0.3, -0.25) is 9.97 Å². The fraction of sp³-hybridized carbons (Fsp3) is 0.231. The van der Waals surface area contributed by atoms with E-state index in [1.165, 1.54) is 0 Å². The van der Waals surface area contributed by atoms with Crippen LogP contribution in [0, 0.1) is 0 Å². The minimum Gasteiger partial charge on any atom is -0.399 e. The van der Waals surface area contributed by atoms with Crippen LogP contribution in [0.15, 0.2) is 36.7 Å². The molecule has 0 radical (unpaired) electrons. The van der Waals surface area contributed by atoms with E-state index in [4.69, 9.17) is 5.73 Å². The first-order valence-electron chi connectivity index (χ1n) is 5.72. The maximum atomic E-state index is 5.81. The van der Waals surface area contributed by atoms with Gasteiger partial charge in [-0.25, -0.2) is 0 Å². The molecule has 1 saturated heterocycles. The van der Waals surface area contributed by atoms with Crippen molar-refractivity contribution in [1.82, 2.24) is 15.3 Å². The van der Waals surface area contributed by atoms with Crippen LogP contribution in [0.25, 0.3) is 11.3 Å². The molecule has 0 saturated carbocycles. The van der Waals surface area contributed by atoms with Crippen LogP contribution in [-0.4, -0.2) is 23.1 Å². The molecule has 0 aliphatic carbocycles. The molecule has 1 aliphatic heterocycles. The number of hydrogen-bond acceptors (Lipinski definition) is 4. The summed E-state index contributed by atoms with van der Waals surface area (Å²) in [5, 5.41) is 3.26. The molecular formula is C13H15ClN4. The first-order valence-corrected chi connectivity index (χ1v) is 5.72. The molecule has 4 nitrogen and oxygen atoms in total. The van der Waals surface area contributed by atoms with E-state index in [9.17, 15) is 0 Å². The average Bonchev–Trinajstić information content (AvgIpc) is 2.27. The predicted molar refractivity (Wildman–Crippen MR) is 74.7 cm³/mol. The number of anilines is 1. The van der Waals surface area contributed by atoms with E-state index in [0.717, 1.165) is 35.7 Å². The smallest absolute Gasteiger partial charge is 0.0921 e. The molecule has 2 aromatic rings. The van der Waals surface area contributed by atoms with Crippen LogP contribution in [0.3, 0.4) is 0 Å². The van der Waals surface area contributed by atoms with Crippen LogP contribution in [-0.2, 0) is 0 Å². The van der Waals surface area contributed by atoms with E-state index in [-0.39, 0.29) is 12.4 Å². The van der Waals surface area contributed by atoms with E-state index >= 15 is 0 Å². The van der Waals surface area contributed by atoms with Gasteiger partial charge in [0.25, 0.3) is 0 Å². The van der Waals surface area contributed by atoms with Crippen LogP contribution >= 0.6 is 12.4 Å². The maximum Gasteiger partial charge on any atom is 0.0921 e. The van der Waals surface area contributed by atoms with Gasteiger partial charge >= 0.3 is 0 Å². The summed E-state index contributed by atoms with van der Waals surface area (Å²) in [6, 6.07) is 7.79. The molecule has 0 spiro atoms. The van der Waals surface area contributed by atoms with E-state index in [1.807, 2.05) is 24.3 Å². The Morgan fingerprint density at radius 1 is 1.17 bits per heavy atom. The number of aromatic nitrogens is 2. The highest BCUT2D eigenvalue weighted by molar-refractivity contribution is 5.85. The van der Waals surface area contributed by atoms with Crippen molar-refractivity contribution in [2.45, 2.75) is 5.92 Å². The third-order valence-corrected chi connectivity index (χ3v) is 3.05. The van der Waals surface area contributed by atoms with Crippen molar-refractivity contribution in [2.24, 2.45) is 0 Å².